The zero-order valence-electron chi connectivity index (χ0n) is 11.9. The molecule has 0 amide bonds. The molecular weight excluding hydrogens is 307 g/mol. The first-order chi connectivity index (χ1) is 10.9. The number of alkyl halides is 3. The van der Waals surface area contributed by atoms with Crippen LogP contribution in [0.5, 0.6) is 0 Å². The highest BCUT2D eigenvalue weighted by atomic mass is 19.4. The number of halogens is 3. The SMILES string of the molecule is O=C1c2ccc(C(F)(F)F)cc2CCC12OC2c1ccncc1. The van der Waals surface area contributed by atoms with Crippen LogP contribution in [0.4, 0.5) is 13.2 Å². The second kappa shape index (κ2) is 4.64. The molecule has 0 saturated carbocycles. The van der Waals surface area contributed by atoms with E-state index in [4.69, 9.17) is 4.74 Å². The molecule has 2 aromatic rings. The van der Waals surface area contributed by atoms with Gasteiger partial charge in [0.05, 0.1) is 5.56 Å². The van der Waals surface area contributed by atoms with Crippen LogP contribution in [0.1, 0.15) is 39.6 Å². The molecule has 4 rings (SSSR count). The number of ether oxygens (including phenoxy) is 1. The highest BCUT2D eigenvalue weighted by molar-refractivity contribution is 6.07. The largest absolute Gasteiger partial charge is 0.416 e. The highest BCUT2D eigenvalue weighted by Gasteiger charge is 2.64. The first-order valence-electron chi connectivity index (χ1n) is 7.24. The van der Waals surface area contributed by atoms with Crippen LogP contribution >= 0.6 is 0 Å². The molecule has 3 nitrogen and oxygen atoms in total. The number of carbonyl (C=O) groups excluding carboxylic acids is 1. The molecule has 1 aliphatic heterocycles. The molecule has 2 atom stereocenters. The second-order valence-corrected chi connectivity index (χ2v) is 5.87. The standard InChI is InChI=1S/C17H12F3NO2/c18-17(19,20)12-1-2-13-11(9-12)3-6-16(14(13)22)15(23-16)10-4-7-21-8-5-10/h1-2,4-5,7-9,15H,3,6H2. The quantitative estimate of drug-likeness (QED) is 0.752. The average Bonchev–Trinajstić information content (AvgIpc) is 3.27. The number of hydrogen-bond acceptors (Lipinski definition) is 3. The number of nitrogens with zero attached hydrogens (tertiary/aromatic N) is 1. The number of hydrogen-bond donors (Lipinski definition) is 0. The summed E-state index contributed by atoms with van der Waals surface area (Å²) in [4.78, 5) is 16.7. The molecule has 1 aromatic carbocycles. The average molecular weight is 319 g/mol. The Morgan fingerprint density at radius 3 is 2.61 bits per heavy atom. The monoisotopic (exact) mass is 319 g/mol. The van der Waals surface area contributed by atoms with Gasteiger partial charge in [-0.2, -0.15) is 13.2 Å². The van der Waals surface area contributed by atoms with Crippen LogP contribution in [0.3, 0.4) is 0 Å². The van der Waals surface area contributed by atoms with E-state index in [1.165, 1.54) is 6.07 Å². The molecule has 6 heteroatoms. The topological polar surface area (TPSA) is 42.5 Å². The van der Waals surface area contributed by atoms with E-state index >= 15 is 0 Å². The number of benzene rings is 1. The summed E-state index contributed by atoms with van der Waals surface area (Å²) >= 11 is 0. The Balaban J connectivity index is 1.67. The van der Waals surface area contributed by atoms with Gasteiger partial charge < -0.3 is 4.74 Å². The third-order valence-corrected chi connectivity index (χ3v) is 4.53. The van der Waals surface area contributed by atoms with Crippen LogP contribution in [-0.2, 0) is 17.3 Å². The van der Waals surface area contributed by atoms with Crippen LogP contribution in [0, 0.1) is 0 Å². The van der Waals surface area contributed by atoms with Gasteiger partial charge in [0, 0.05) is 18.0 Å². The lowest BCUT2D eigenvalue weighted by Crippen LogP contribution is -2.32. The minimum Gasteiger partial charge on any atom is -0.352 e. The number of aryl methyl sites for hydroxylation is 1. The maximum absolute atomic E-state index is 12.8. The van der Waals surface area contributed by atoms with E-state index in [9.17, 15) is 18.0 Å². The summed E-state index contributed by atoms with van der Waals surface area (Å²) in [6.45, 7) is 0. The minimum absolute atomic E-state index is 0.228. The predicted molar refractivity (Wildman–Crippen MR) is 74.9 cm³/mol. The molecule has 23 heavy (non-hydrogen) atoms. The summed E-state index contributed by atoms with van der Waals surface area (Å²) in [6.07, 6.45) is -0.695. The van der Waals surface area contributed by atoms with E-state index in [-0.39, 0.29) is 11.9 Å². The molecule has 2 aliphatic rings. The van der Waals surface area contributed by atoms with Gasteiger partial charge in [-0.25, -0.2) is 0 Å². The molecule has 1 spiro atoms. The zero-order valence-corrected chi connectivity index (χ0v) is 11.9. The van der Waals surface area contributed by atoms with Gasteiger partial charge in [0.1, 0.15) is 6.10 Å². The molecule has 2 heterocycles. The van der Waals surface area contributed by atoms with E-state index < -0.39 is 17.3 Å². The van der Waals surface area contributed by atoms with Crippen molar-refractivity contribution in [2.45, 2.75) is 30.7 Å². The molecule has 0 bridgehead atoms. The van der Waals surface area contributed by atoms with E-state index in [1.54, 1.807) is 24.5 Å². The van der Waals surface area contributed by atoms with Crippen LogP contribution in [0.25, 0.3) is 0 Å². The second-order valence-electron chi connectivity index (χ2n) is 5.87. The van der Waals surface area contributed by atoms with Gasteiger partial charge in [-0.05, 0) is 48.2 Å². The Morgan fingerprint density at radius 1 is 1.17 bits per heavy atom. The first kappa shape index (κ1) is 14.4. The summed E-state index contributed by atoms with van der Waals surface area (Å²) in [6, 6.07) is 6.88. The van der Waals surface area contributed by atoms with E-state index in [2.05, 4.69) is 4.98 Å². The smallest absolute Gasteiger partial charge is 0.352 e. The van der Waals surface area contributed by atoms with E-state index in [1.807, 2.05) is 0 Å². The lowest BCUT2D eigenvalue weighted by molar-refractivity contribution is -0.137. The molecule has 1 aliphatic carbocycles. The number of epoxide rings is 1. The number of aromatic nitrogens is 1. The van der Waals surface area contributed by atoms with E-state index in [0.29, 0.717) is 24.0 Å². The summed E-state index contributed by atoms with van der Waals surface area (Å²) in [5.41, 5.74) is 0.0000245. The van der Waals surface area contributed by atoms with Gasteiger partial charge in [0.15, 0.2) is 11.4 Å². The van der Waals surface area contributed by atoms with Crippen molar-refractivity contribution in [3.63, 3.8) is 0 Å². The molecular formula is C17H12F3NO2. The summed E-state index contributed by atoms with van der Waals surface area (Å²) in [5.74, 6) is -0.228. The molecule has 1 saturated heterocycles. The number of rotatable bonds is 1. The van der Waals surface area contributed by atoms with Crippen molar-refractivity contribution in [2.24, 2.45) is 0 Å². The van der Waals surface area contributed by atoms with Crippen molar-refractivity contribution in [3.05, 3.63) is 65.0 Å². The fourth-order valence-corrected chi connectivity index (χ4v) is 3.27. The molecule has 0 radical (unpaired) electrons. The van der Waals surface area contributed by atoms with Crippen LogP contribution < -0.4 is 0 Å². The summed E-state index contributed by atoms with van der Waals surface area (Å²) < 4.78 is 44.1. The Kier molecular flexibility index (Phi) is 2.90. The van der Waals surface area contributed by atoms with Gasteiger partial charge in [0.25, 0.3) is 0 Å². The van der Waals surface area contributed by atoms with Crippen molar-refractivity contribution >= 4 is 5.78 Å². The number of Topliss-reactive ketones (excluding diaryl/α,β-unsaturated/α-hetero) is 1. The van der Waals surface area contributed by atoms with Crippen LogP contribution in [0.15, 0.2) is 42.7 Å². The van der Waals surface area contributed by atoms with Gasteiger partial charge in [-0.1, -0.05) is 6.07 Å². The fourth-order valence-electron chi connectivity index (χ4n) is 3.27. The minimum atomic E-state index is -4.40. The zero-order chi connectivity index (χ0) is 16.2. The van der Waals surface area contributed by atoms with Gasteiger partial charge >= 0.3 is 6.18 Å². The van der Waals surface area contributed by atoms with Crippen molar-refractivity contribution in [1.82, 2.24) is 4.98 Å². The Labute approximate surface area is 130 Å². The van der Waals surface area contributed by atoms with Crippen molar-refractivity contribution < 1.29 is 22.7 Å². The Bertz CT molecular complexity index is 788. The predicted octanol–water partition coefficient (Wildman–Crippen LogP) is 3.74. The number of carbonyl (C=O) groups is 1. The lowest BCUT2D eigenvalue weighted by Gasteiger charge is -2.22. The highest BCUT2D eigenvalue weighted by Crippen LogP contribution is 2.56. The van der Waals surface area contributed by atoms with Gasteiger partial charge in [-0.3, -0.25) is 9.78 Å². The summed E-state index contributed by atoms with van der Waals surface area (Å²) in [7, 11) is 0. The van der Waals surface area contributed by atoms with Gasteiger partial charge in [-0.15, -0.1) is 0 Å². The molecule has 118 valence electrons. The third-order valence-electron chi connectivity index (χ3n) is 4.53. The molecule has 0 N–H and O–H groups in total. The normalized spacial score (nSPS) is 26.2. The van der Waals surface area contributed by atoms with Crippen molar-refractivity contribution in [1.29, 1.82) is 0 Å². The van der Waals surface area contributed by atoms with Crippen molar-refractivity contribution in [2.75, 3.05) is 0 Å². The fraction of sp³-hybridized carbons (Fsp3) is 0.294. The number of fused-ring (bicyclic) bond motifs is 1. The molecule has 1 aromatic heterocycles. The third kappa shape index (κ3) is 2.16. The number of ketones is 1. The maximum atomic E-state index is 12.8. The van der Waals surface area contributed by atoms with Crippen molar-refractivity contribution in [3.8, 4) is 0 Å². The summed E-state index contributed by atoms with van der Waals surface area (Å²) in [5, 5.41) is 0. The van der Waals surface area contributed by atoms with Crippen LogP contribution in [-0.4, -0.2) is 16.4 Å². The van der Waals surface area contributed by atoms with Crippen LogP contribution in [0.2, 0.25) is 0 Å². The Morgan fingerprint density at radius 2 is 1.91 bits per heavy atom. The molecule has 1 fully saturated rings. The molecule has 2 unspecified atom stereocenters. The van der Waals surface area contributed by atoms with E-state index in [0.717, 1.165) is 17.7 Å². The first-order valence-corrected chi connectivity index (χ1v) is 7.24. The Hall–Kier alpha value is -2.21. The lowest BCUT2D eigenvalue weighted by atomic mass is 9.79. The van der Waals surface area contributed by atoms with Gasteiger partial charge in [0.2, 0.25) is 0 Å². The number of pyridine rings is 1. The maximum Gasteiger partial charge on any atom is 0.416 e.